The van der Waals surface area contributed by atoms with Crippen molar-refractivity contribution < 1.29 is 48.7 Å². The molecule has 0 aliphatic rings. The van der Waals surface area contributed by atoms with Gasteiger partial charge in [-0.1, -0.05) is 28.1 Å². The Morgan fingerprint density at radius 2 is 1.43 bits per heavy atom. The second-order valence-corrected chi connectivity index (χ2v) is 9.82. The van der Waals surface area contributed by atoms with E-state index >= 15 is 0 Å². The van der Waals surface area contributed by atoms with Crippen molar-refractivity contribution in [1.82, 2.24) is 9.97 Å². The van der Waals surface area contributed by atoms with E-state index in [9.17, 15) is 49.3 Å². The van der Waals surface area contributed by atoms with Gasteiger partial charge in [0.2, 0.25) is 0 Å². The van der Waals surface area contributed by atoms with Crippen LogP contribution in [0.4, 0.5) is 40.8 Å². The monoisotopic (exact) mass is 603 g/mol. The average Bonchev–Trinajstić information content (AvgIpc) is 2.76. The van der Waals surface area contributed by atoms with Crippen molar-refractivity contribution in [3.63, 3.8) is 0 Å². The molecule has 2 aromatic rings. The van der Waals surface area contributed by atoms with Crippen molar-refractivity contribution in [2.24, 2.45) is 0 Å². The normalized spacial score (nSPS) is 13.9. The van der Waals surface area contributed by atoms with Crippen LogP contribution in [0.15, 0.2) is 44.5 Å². The van der Waals surface area contributed by atoms with Crippen LogP contribution in [0.25, 0.3) is 0 Å². The number of nitrogens with one attached hydrogen (secondary N) is 3. The molecule has 196 valence electrons. The molecule has 0 bridgehead atoms. The van der Waals surface area contributed by atoms with E-state index in [1.165, 1.54) is 12.1 Å². The first kappa shape index (κ1) is 29.0. The summed E-state index contributed by atoms with van der Waals surface area (Å²) in [5.41, 5.74) is -3.03. The third-order valence-corrected chi connectivity index (χ3v) is 6.69. The number of alkyl halides is 8. The first-order valence-corrected chi connectivity index (χ1v) is 11.5. The van der Waals surface area contributed by atoms with Gasteiger partial charge in [0.1, 0.15) is 18.9 Å². The molecule has 0 fully saturated rings. The number of aromatic nitrogens is 2. The van der Waals surface area contributed by atoms with Gasteiger partial charge in [-0.05, 0) is 17.7 Å². The van der Waals surface area contributed by atoms with Gasteiger partial charge in [0.25, 0.3) is 5.56 Å². The minimum atomic E-state index is -5.53. The summed E-state index contributed by atoms with van der Waals surface area (Å²) < 4.78 is 127. The Morgan fingerprint density at radius 3 is 1.86 bits per heavy atom. The number of halogens is 9. The highest BCUT2D eigenvalue weighted by Crippen LogP contribution is 2.62. The summed E-state index contributed by atoms with van der Waals surface area (Å²) in [5, 5.41) is 2.17. The lowest BCUT2D eigenvalue weighted by Crippen LogP contribution is -2.35. The summed E-state index contributed by atoms with van der Waals surface area (Å²) in [6.07, 6.45) is -7.95. The molecular formula is C17H15BrF8N3O5P. The van der Waals surface area contributed by atoms with Crippen LogP contribution in [-0.2, 0) is 13.6 Å². The molecule has 1 unspecified atom stereocenters. The summed E-state index contributed by atoms with van der Waals surface area (Å²) >= 11 is 3.07. The predicted molar refractivity (Wildman–Crippen MR) is 110 cm³/mol. The van der Waals surface area contributed by atoms with Crippen LogP contribution in [-0.4, -0.2) is 47.9 Å². The van der Waals surface area contributed by atoms with E-state index in [0.29, 0.717) is 4.47 Å². The number of aromatic amines is 2. The Morgan fingerprint density at radius 1 is 0.943 bits per heavy atom. The second kappa shape index (κ2) is 11.2. The van der Waals surface area contributed by atoms with Crippen LogP contribution in [0, 0.1) is 0 Å². The fourth-order valence-corrected chi connectivity index (χ4v) is 4.49. The fraction of sp³-hybridized carbons (Fsp3) is 0.412. The first-order chi connectivity index (χ1) is 16.1. The molecule has 0 radical (unpaired) electrons. The zero-order valence-electron chi connectivity index (χ0n) is 16.9. The van der Waals surface area contributed by atoms with E-state index in [4.69, 9.17) is 0 Å². The highest BCUT2D eigenvalue weighted by molar-refractivity contribution is 9.10. The number of hydrogen-bond donors (Lipinski definition) is 3. The van der Waals surface area contributed by atoms with E-state index in [0.717, 1.165) is 18.3 Å². The molecule has 1 aromatic heterocycles. The van der Waals surface area contributed by atoms with Crippen LogP contribution in [0.5, 0.6) is 0 Å². The van der Waals surface area contributed by atoms with Crippen LogP contribution in [0.1, 0.15) is 11.3 Å². The standard InChI is InChI=1S/C17H15BrF8N3O5P/c18-9-3-1-8(2-4-9)12(28-10-5-27-15(31)29-11(10)30)35(32,33-6-16(23,24)13(19)20)34-7-17(25,26)14(21)22/h1-5,12-14,28H,6-7H2,(H2,27,29,30,31). The molecule has 35 heavy (non-hydrogen) atoms. The molecule has 3 N–H and O–H groups in total. The van der Waals surface area contributed by atoms with Gasteiger partial charge in [-0.3, -0.25) is 14.3 Å². The van der Waals surface area contributed by atoms with E-state index in [1.807, 2.05) is 4.98 Å². The third kappa shape index (κ3) is 7.62. The minimum absolute atomic E-state index is 0.247. The van der Waals surface area contributed by atoms with Crippen LogP contribution < -0.4 is 16.6 Å². The van der Waals surface area contributed by atoms with Crippen LogP contribution >= 0.6 is 23.5 Å². The van der Waals surface area contributed by atoms with Crippen molar-refractivity contribution in [3.8, 4) is 0 Å². The average molecular weight is 604 g/mol. The number of H-pyrrole nitrogens is 2. The smallest absolute Gasteiger partial charge is 0.357 e. The van der Waals surface area contributed by atoms with Gasteiger partial charge in [-0.2, -0.15) is 17.6 Å². The Kier molecular flexibility index (Phi) is 9.30. The molecule has 0 saturated carbocycles. The molecule has 1 atom stereocenters. The zero-order valence-corrected chi connectivity index (χ0v) is 19.4. The summed E-state index contributed by atoms with van der Waals surface area (Å²) in [4.78, 5) is 27.0. The molecule has 2 rings (SSSR count). The summed E-state index contributed by atoms with van der Waals surface area (Å²) in [6, 6.07) is 4.81. The number of anilines is 1. The van der Waals surface area contributed by atoms with Gasteiger partial charge in [0, 0.05) is 10.7 Å². The fourth-order valence-electron chi connectivity index (χ4n) is 2.32. The van der Waals surface area contributed by atoms with Gasteiger partial charge >= 0.3 is 38.0 Å². The van der Waals surface area contributed by atoms with E-state index in [1.54, 1.807) is 4.98 Å². The molecule has 1 heterocycles. The number of hydrogen-bond acceptors (Lipinski definition) is 6. The molecule has 18 heteroatoms. The maximum atomic E-state index is 13.5. The van der Waals surface area contributed by atoms with Crippen molar-refractivity contribution in [2.45, 2.75) is 30.5 Å². The van der Waals surface area contributed by atoms with E-state index in [2.05, 4.69) is 30.3 Å². The van der Waals surface area contributed by atoms with Gasteiger partial charge in [0.15, 0.2) is 5.78 Å². The maximum Gasteiger partial charge on any atom is 0.357 e. The molecule has 1 aromatic carbocycles. The Bertz CT molecular complexity index is 1130. The lowest BCUT2D eigenvalue weighted by Gasteiger charge is -2.30. The largest absolute Gasteiger partial charge is 0.362 e. The lowest BCUT2D eigenvalue weighted by molar-refractivity contribution is -0.158. The topological polar surface area (TPSA) is 113 Å². The SMILES string of the molecule is O=c1[nH]cc(NC(c2ccc(Br)cc2)P(=O)(OCC(F)(F)C(F)F)OCC(F)(F)C(F)F)c(=O)[nH]1. The van der Waals surface area contributed by atoms with Crippen molar-refractivity contribution in [1.29, 1.82) is 0 Å². The molecule has 0 aliphatic heterocycles. The molecule has 0 aliphatic carbocycles. The Balaban J connectivity index is 2.58. The lowest BCUT2D eigenvalue weighted by atomic mass is 10.2. The molecular weight excluding hydrogens is 589 g/mol. The minimum Gasteiger partial charge on any atom is -0.362 e. The van der Waals surface area contributed by atoms with Gasteiger partial charge in [-0.25, -0.2) is 22.4 Å². The molecule has 0 amide bonds. The van der Waals surface area contributed by atoms with Gasteiger partial charge in [0.05, 0.1) is 0 Å². The van der Waals surface area contributed by atoms with Crippen molar-refractivity contribution >= 4 is 29.2 Å². The summed E-state index contributed by atoms with van der Waals surface area (Å²) in [6.45, 7) is -4.64. The van der Waals surface area contributed by atoms with E-state index < -0.39 is 68.2 Å². The van der Waals surface area contributed by atoms with Gasteiger partial charge in [-0.15, -0.1) is 0 Å². The van der Waals surface area contributed by atoms with Crippen LogP contribution in [0.3, 0.4) is 0 Å². The Hall–Kier alpha value is -2.23. The third-order valence-electron chi connectivity index (χ3n) is 4.13. The highest BCUT2D eigenvalue weighted by Gasteiger charge is 2.49. The number of benzene rings is 1. The summed E-state index contributed by atoms with van der Waals surface area (Å²) in [5.74, 6) is -12.0. The van der Waals surface area contributed by atoms with Crippen molar-refractivity contribution in [2.75, 3.05) is 18.5 Å². The number of rotatable bonds is 12. The zero-order chi connectivity index (χ0) is 26.6. The van der Waals surface area contributed by atoms with E-state index in [-0.39, 0.29) is 5.56 Å². The second-order valence-electron chi connectivity index (χ2n) is 6.79. The molecule has 8 nitrogen and oxygen atoms in total. The molecule has 0 spiro atoms. The van der Waals surface area contributed by atoms with Gasteiger partial charge < -0.3 is 19.3 Å². The maximum absolute atomic E-state index is 13.5. The Labute approximate surface area is 198 Å². The van der Waals surface area contributed by atoms with Crippen molar-refractivity contribution in [3.05, 3.63) is 61.3 Å². The quantitative estimate of drug-likeness (QED) is 0.233. The predicted octanol–water partition coefficient (Wildman–Crippen LogP) is 4.96. The summed E-state index contributed by atoms with van der Waals surface area (Å²) in [7, 11) is -5.53. The first-order valence-electron chi connectivity index (χ1n) is 9.12. The molecule has 0 saturated heterocycles. The highest BCUT2D eigenvalue weighted by atomic mass is 79.9. The van der Waals surface area contributed by atoms with Crippen LogP contribution in [0.2, 0.25) is 0 Å².